The topological polar surface area (TPSA) is 172 Å². The predicted molar refractivity (Wildman–Crippen MR) is 243 cm³/mol. The lowest BCUT2D eigenvalue weighted by Gasteiger charge is -2.35. The standard InChI is InChI=1S/C48H67N9O5/c1-33-25-38(58)32-55(33)47(62)45(48(2,3)4)50-43(60)19-10-8-6-5-7-9-11-20-44(61)54-23-21-53(22-24-54)29-34-15-14-16-35(26-34)56-30-37-27-36(56)31-57(37)41-28-40(51-52-46(41)49)39-17-12-13-18-42(39)59/h12-18,26,28,30,33,36,38,45,58-59H,5-11,19-25,27,29,31-32H2,1-4H3,(H2,49,52)(H,50,60)/t33-,36?,38-,45-/m1/s1. The normalized spacial score (nSPS) is 20.8. The van der Waals surface area contributed by atoms with Gasteiger partial charge in [0.1, 0.15) is 11.8 Å². The number of rotatable bonds is 17. The number of carbonyl (C=O) groups excluding carboxylic acids is 3. The number of hydrogen-bond donors (Lipinski definition) is 4. The van der Waals surface area contributed by atoms with Crippen molar-refractivity contribution in [3.8, 4) is 17.0 Å². The molecule has 3 aromatic rings. The highest BCUT2D eigenvalue weighted by atomic mass is 16.3. The number of phenolic OH excluding ortho intramolecular Hbond substituents is 1. The summed E-state index contributed by atoms with van der Waals surface area (Å²) in [6.07, 6.45) is 11.1. The molecule has 14 heteroatoms. The Balaban J connectivity index is 0.770. The number of nitrogens with one attached hydrogen (secondary N) is 1. The van der Waals surface area contributed by atoms with Crippen molar-refractivity contribution in [2.45, 2.75) is 129 Å². The second-order valence-electron chi connectivity index (χ2n) is 18.9. The van der Waals surface area contributed by atoms with E-state index >= 15 is 0 Å². The lowest BCUT2D eigenvalue weighted by molar-refractivity contribution is -0.140. The zero-order valence-electron chi connectivity index (χ0n) is 37.1. The number of carbonyl (C=O) groups is 3. The molecule has 4 aliphatic heterocycles. The molecule has 334 valence electrons. The van der Waals surface area contributed by atoms with Crippen LogP contribution in [0.3, 0.4) is 0 Å². The van der Waals surface area contributed by atoms with Crippen molar-refractivity contribution in [2.24, 2.45) is 5.41 Å². The van der Waals surface area contributed by atoms with Crippen molar-refractivity contribution in [3.63, 3.8) is 0 Å². The summed E-state index contributed by atoms with van der Waals surface area (Å²) in [6, 6.07) is 17.4. The van der Waals surface area contributed by atoms with Gasteiger partial charge in [-0.3, -0.25) is 19.3 Å². The summed E-state index contributed by atoms with van der Waals surface area (Å²) in [7, 11) is 0. The highest BCUT2D eigenvalue weighted by Gasteiger charge is 2.41. The summed E-state index contributed by atoms with van der Waals surface area (Å²) in [6.45, 7) is 13.0. The van der Waals surface area contributed by atoms with E-state index in [0.717, 1.165) is 96.3 Å². The van der Waals surface area contributed by atoms with Crippen LogP contribution in [0.1, 0.15) is 104 Å². The van der Waals surface area contributed by atoms with E-state index in [4.69, 9.17) is 5.73 Å². The molecule has 5 heterocycles. The molecule has 1 aromatic heterocycles. The monoisotopic (exact) mass is 850 g/mol. The zero-order valence-corrected chi connectivity index (χ0v) is 37.1. The first-order valence-electron chi connectivity index (χ1n) is 22.8. The quantitative estimate of drug-likeness (QED) is 0.117. The number of benzene rings is 2. The third kappa shape index (κ3) is 10.9. The Morgan fingerprint density at radius 1 is 0.887 bits per heavy atom. The second kappa shape index (κ2) is 19.9. The first-order valence-corrected chi connectivity index (χ1v) is 22.8. The number of aliphatic hydroxyl groups is 1. The van der Waals surface area contributed by atoms with Gasteiger partial charge in [0.05, 0.1) is 23.5 Å². The average molecular weight is 850 g/mol. The van der Waals surface area contributed by atoms with Crippen LogP contribution in [0.5, 0.6) is 5.75 Å². The summed E-state index contributed by atoms with van der Waals surface area (Å²) >= 11 is 0. The van der Waals surface area contributed by atoms with Gasteiger partial charge in [-0.05, 0) is 67.5 Å². The van der Waals surface area contributed by atoms with Gasteiger partial charge in [-0.25, -0.2) is 0 Å². The molecule has 2 aromatic carbocycles. The van der Waals surface area contributed by atoms with E-state index in [-0.39, 0.29) is 35.6 Å². The molecule has 5 N–H and O–H groups in total. The summed E-state index contributed by atoms with van der Waals surface area (Å²) in [5.74, 6) is 0.574. The number of aliphatic hydroxyl groups excluding tert-OH is 1. The minimum atomic E-state index is -0.616. The van der Waals surface area contributed by atoms with Crippen LogP contribution >= 0.6 is 0 Å². The molecule has 7 rings (SSSR count). The molecule has 4 atom stereocenters. The number of para-hydroxylation sites is 1. The van der Waals surface area contributed by atoms with E-state index in [2.05, 4.69) is 60.7 Å². The Morgan fingerprint density at radius 2 is 1.60 bits per heavy atom. The maximum absolute atomic E-state index is 13.3. The minimum Gasteiger partial charge on any atom is -0.507 e. The zero-order chi connectivity index (χ0) is 44.0. The summed E-state index contributed by atoms with van der Waals surface area (Å²) in [4.78, 5) is 49.9. The molecule has 3 fully saturated rings. The maximum Gasteiger partial charge on any atom is 0.246 e. The molecule has 3 amide bonds. The molecule has 14 nitrogen and oxygen atoms in total. The van der Waals surface area contributed by atoms with Gasteiger partial charge in [-0.1, -0.05) is 77.1 Å². The first kappa shape index (κ1) is 44.8. The Kier molecular flexibility index (Phi) is 14.4. The number of anilines is 3. The van der Waals surface area contributed by atoms with Crippen LogP contribution in [0.15, 0.2) is 66.5 Å². The van der Waals surface area contributed by atoms with Crippen molar-refractivity contribution in [2.75, 3.05) is 54.8 Å². The molecule has 3 saturated heterocycles. The number of fused-ring (bicyclic) bond motifs is 2. The first-order chi connectivity index (χ1) is 29.7. The van der Waals surface area contributed by atoms with Crippen LogP contribution < -0.4 is 20.9 Å². The smallest absolute Gasteiger partial charge is 0.246 e. The van der Waals surface area contributed by atoms with Crippen LogP contribution in [0.2, 0.25) is 0 Å². The number of unbranched alkanes of at least 4 members (excludes halogenated alkanes) is 6. The van der Waals surface area contributed by atoms with Crippen LogP contribution in [0.4, 0.5) is 17.2 Å². The Bertz CT molecular complexity index is 2080. The number of hydrogen-bond acceptors (Lipinski definition) is 11. The molecule has 0 spiro atoms. The van der Waals surface area contributed by atoms with E-state index < -0.39 is 17.6 Å². The SMILES string of the molecule is C[C@@H]1C[C@@H](O)CN1C(=O)[C@@H](NC(=O)CCCCCCCCCC(=O)N1CCN(Cc2cccc(N3C=C4CC3CN4c3cc(-c4ccccc4O)nnc3N)c2)CC1)C(C)(C)C. The number of piperazine rings is 1. The fourth-order valence-electron chi connectivity index (χ4n) is 9.48. The highest BCUT2D eigenvalue weighted by molar-refractivity contribution is 5.88. The van der Waals surface area contributed by atoms with E-state index in [9.17, 15) is 24.6 Å². The van der Waals surface area contributed by atoms with Crippen molar-refractivity contribution in [3.05, 3.63) is 72.1 Å². The van der Waals surface area contributed by atoms with Gasteiger partial charge in [-0.2, -0.15) is 0 Å². The molecule has 2 bridgehead atoms. The number of aromatic nitrogens is 2. The predicted octanol–water partition coefficient (Wildman–Crippen LogP) is 6.04. The highest BCUT2D eigenvalue weighted by Crippen LogP contribution is 2.42. The van der Waals surface area contributed by atoms with Crippen molar-refractivity contribution in [1.29, 1.82) is 0 Å². The Morgan fingerprint density at radius 3 is 2.26 bits per heavy atom. The van der Waals surface area contributed by atoms with E-state index in [1.165, 1.54) is 16.9 Å². The molecule has 4 aliphatic rings. The molecular formula is C48H67N9O5. The number of nitrogens with two attached hydrogens (primary N) is 1. The average Bonchev–Trinajstić information content (AvgIpc) is 3.96. The van der Waals surface area contributed by atoms with E-state index in [1.54, 1.807) is 17.0 Å². The number of phenols is 1. The maximum atomic E-state index is 13.3. The minimum absolute atomic E-state index is 0.0337. The molecule has 0 radical (unpaired) electrons. The van der Waals surface area contributed by atoms with E-state index in [1.807, 2.05) is 50.8 Å². The number of amides is 3. The largest absolute Gasteiger partial charge is 0.507 e. The molecular weight excluding hydrogens is 783 g/mol. The van der Waals surface area contributed by atoms with Crippen LogP contribution in [0, 0.1) is 5.41 Å². The third-order valence-electron chi connectivity index (χ3n) is 13.0. The van der Waals surface area contributed by atoms with Gasteiger partial charge in [-0.15, -0.1) is 10.2 Å². The van der Waals surface area contributed by atoms with Crippen molar-refractivity contribution < 1.29 is 24.6 Å². The van der Waals surface area contributed by atoms with Crippen LogP contribution in [-0.4, -0.2) is 116 Å². The number of aromatic hydroxyl groups is 1. The van der Waals surface area contributed by atoms with Gasteiger partial charge in [0.25, 0.3) is 0 Å². The number of nitrogen functional groups attached to an aromatic ring is 1. The molecule has 62 heavy (non-hydrogen) atoms. The lowest BCUT2D eigenvalue weighted by atomic mass is 9.85. The molecule has 1 unspecified atom stereocenters. The second-order valence-corrected chi connectivity index (χ2v) is 18.9. The molecule has 0 aliphatic carbocycles. The van der Waals surface area contributed by atoms with Gasteiger partial charge >= 0.3 is 0 Å². The van der Waals surface area contributed by atoms with Crippen LogP contribution in [0.25, 0.3) is 11.3 Å². The summed E-state index contributed by atoms with van der Waals surface area (Å²) in [5, 5.41) is 31.9. The number of likely N-dealkylation sites (tertiary alicyclic amines) is 1. The fourth-order valence-corrected chi connectivity index (χ4v) is 9.48. The van der Waals surface area contributed by atoms with Gasteiger partial charge in [0.15, 0.2) is 5.82 Å². The van der Waals surface area contributed by atoms with Crippen molar-refractivity contribution >= 4 is 34.9 Å². The summed E-state index contributed by atoms with van der Waals surface area (Å²) in [5.41, 5.74) is 11.5. The lowest BCUT2D eigenvalue weighted by Crippen LogP contribution is -2.55. The van der Waals surface area contributed by atoms with E-state index in [0.29, 0.717) is 42.9 Å². The van der Waals surface area contributed by atoms with Gasteiger partial charge in [0, 0.05) is 94.3 Å². The number of β-amino-alcohol motifs (C(OH)–C–C–N with tert-alkyl or cyclic N) is 1. The molecule has 0 saturated carbocycles. The van der Waals surface area contributed by atoms with Gasteiger partial charge < -0.3 is 40.9 Å². The Labute approximate surface area is 367 Å². The van der Waals surface area contributed by atoms with Crippen molar-refractivity contribution in [1.82, 2.24) is 30.2 Å². The van der Waals surface area contributed by atoms with Crippen LogP contribution in [-0.2, 0) is 20.9 Å². The summed E-state index contributed by atoms with van der Waals surface area (Å²) < 4.78 is 0. The fraction of sp³-hybridized carbons (Fsp3) is 0.562. The third-order valence-corrected chi connectivity index (χ3v) is 13.0. The Hall–Kier alpha value is -5.21. The van der Waals surface area contributed by atoms with Gasteiger partial charge in [0.2, 0.25) is 17.7 Å². The number of nitrogens with zero attached hydrogens (tertiary/aromatic N) is 7.